The van der Waals surface area contributed by atoms with E-state index in [1.165, 1.54) is 22.5 Å². The van der Waals surface area contributed by atoms with Gasteiger partial charge in [-0.15, -0.1) is 0 Å². The number of aromatic nitrogens is 2. The molecule has 0 atom stereocenters. The zero-order chi connectivity index (χ0) is 21.8. The fourth-order valence-electron chi connectivity index (χ4n) is 3.47. The van der Waals surface area contributed by atoms with E-state index in [0.717, 1.165) is 0 Å². The van der Waals surface area contributed by atoms with Crippen LogP contribution < -0.4 is 9.64 Å². The molecule has 0 unspecified atom stereocenters. The van der Waals surface area contributed by atoms with Gasteiger partial charge < -0.3 is 9.64 Å². The summed E-state index contributed by atoms with van der Waals surface area (Å²) >= 11 is 0. The molecule has 0 amide bonds. The van der Waals surface area contributed by atoms with Crippen LogP contribution in [0, 0.1) is 12.7 Å². The van der Waals surface area contributed by atoms with Crippen molar-refractivity contribution in [1.82, 2.24) is 14.3 Å². The Bertz CT molecular complexity index is 1150. The number of aryl methyl sites for hydroxylation is 1. The molecule has 4 rings (SSSR count). The van der Waals surface area contributed by atoms with E-state index < -0.39 is 15.8 Å². The molecule has 0 spiro atoms. The topological polar surface area (TPSA) is 75.6 Å². The molecule has 9 heteroatoms. The Morgan fingerprint density at radius 1 is 0.968 bits per heavy atom. The highest BCUT2D eigenvalue weighted by Crippen LogP contribution is 2.24. The van der Waals surface area contributed by atoms with Crippen LogP contribution in [0.15, 0.2) is 60.7 Å². The predicted molar refractivity (Wildman–Crippen MR) is 116 cm³/mol. The Balaban J connectivity index is 1.42. The smallest absolute Gasteiger partial charge is 0.224 e. The molecule has 0 saturated carbocycles. The average Bonchev–Trinajstić information content (AvgIpc) is 2.74. The van der Waals surface area contributed by atoms with Gasteiger partial charge in [-0.2, -0.15) is 9.29 Å². The minimum absolute atomic E-state index is 0.216. The van der Waals surface area contributed by atoms with Crippen LogP contribution in [0.1, 0.15) is 11.4 Å². The van der Waals surface area contributed by atoms with E-state index in [-0.39, 0.29) is 5.75 Å². The van der Waals surface area contributed by atoms with E-state index in [9.17, 15) is 12.8 Å². The molecule has 3 aromatic rings. The van der Waals surface area contributed by atoms with Crippen molar-refractivity contribution < 1.29 is 17.5 Å². The van der Waals surface area contributed by atoms with E-state index in [2.05, 4.69) is 9.97 Å². The number of para-hydroxylation sites is 1. The maximum Gasteiger partial charge on any atom is 0.224 e. The summed E-state index contributed by atoms with van der Waals surface area (Å²) in [5.74, 6) is 1.73. The van der Waals surface area contributed by atoms with Gasteiger partial charge in [0.05, 0.1) is 5.75 Å². The Morgan fingerprint density at radius 2 is 1.71 bits per heavy atom. The molecular formula is C22H23FN4O3S. The van der Waals surface area contributed by atoms with Gasteiger partial charge in [-0.25, -0.2) is 17.8 Å². The number of ether oxygens (including phenoxy) is 1. The van der Waals surface area contributed by atoms with E-state index in [1.807, 2.05) is 35.2 Å². The van der Waals surface area contributed by atoms with Gasteiger partial charge in [0.15, 0.2) is 0 Å². The zero-order valence-corrected chi connectivity index (χ0v) is 17.9. The van der Waals surface area contributed by atoms with Gasteiger partial charge in [-0.1, -0.05) is 30.3 Å². The molecule has 2 heterocycles. The van der Waals surface area contributed by atoms with Crippen LogP contribution in [0.3, 0.4) is 0 Å². The first-order valence-electron chi connectivity index (χ1n) is 9.95. The number of halogens is 1. The second-order valence-electron chi connectivity index (χ2n) is 7.30. The Morgan fingerprint density at radius 3 is 2.42 bits per heavy atom. The minimum atomic E-state index is -3.53. The largest absolute Gasteiger partial charge is 0.439 e. The normalized spacial score (nSPS) is 15.1. The third-order valence-corrected chi connectivity index (χ3v) is 6.81. The zero-order valence-electron chi connectivity index (χ0n) is 17.1. The molecule has 0 aliphatic carbocycles. The van der Waals surface area contributed by atoms with Crippen molar-refractivity contribution in [2.45, 2.75) is 12.7 Å². The highest BCUT2D eigenvalue weighted by Gasteiger charge is 2.28. The third-order valence-electron chi connectivity index (χ3n) is 4.96. The Labute approximate surface area is 181 Å². The SMILES string of the molecule is Cc1nc(Oc2ccccc2)cc(N2CCN(S(=O)(=O)Cc3cccc(F)c3)CC2)n1. The molecule has 0 bridgehead atoms. The average molecular weight is 443 g/mol. The summed E-state index contributed by atoms with van der Waals surface area (Å²) in [6.07, 6.45) is 0. The maximum absolute atomic E-state index is 13.4. The van der Waals surface area contributed by atoms with Gasteiger partial charge in [0.2, 0.25) is 15.9 Å². The van der Waals surface area contributed by atoms with Crippen LogP contribution in [-0.2, 0) is 15.8 Å². The molecule has 0 N–H and O–H groups in total. The third kappa shape index (κ3) is 5.36. The summed E-state index contributed by atoms with van der Waals surface area (Å²) in [5.41, 5.74) is 0.441. The molecule has 162 valence electrons. The van der Waals surface area contributed by atoms with Gasteiger partial charge >= 0.3 is 0 Å². The van der Waals surface area contributed by atoms with Crippen molar-refractivity contribution in [2.24, 2.45) is 0 Å². The first kappa shape index (κ1) is 21.2. The standard InChI is InChI=1S/C22H23FN4O3S/c1-17-24-21(15-22(25-17)30-20-8-3-2-4-9-20)26-10-12-27(13-11-26)31(28,29)16-18-6-5-7-19(23)14-18/h2-9,14-15H,10-13,16H2,1H3. The van der Waals surface area contributed by atoms with E-state index >= 15 is 0 Å². The van der Waals surface area contributed by atoms with Crippen molar-refractivity contribution in [3.8, 4) is 11.6 Å². The quantitative estimate of drug-likeness (QED) is 0.583. The van der Waals surface area contributed by atoms with Crippen LogP contribution in [-0.4, -0.2) is 48.9 Å². The van der Waals surface area contributed by atoms with Crippen molar-refractivity contribution >= 4 is 15.8 Å². The summed E-state index contributed by atoms with van der Waals surface area (Å²) < 4.78 is 46.2. The number of nitrogens with zero attached hydrogens (tertiary/aromatic N) is 4. The Hall–Kier alpha value is -3.04. The molecule has 31 heavy (non-hydrogen) atoms. The molecular weight excluding hydrogens is 419 g/mol. The van der Waals surface area contributed by atoms with Gasteiger partial charge in [0.25, 0.3) is 0 Å². The number of rotatable bonds is 6. The molecule has 1 saturated heterocycles. The number of benzene rings is 2. The molecule has 7 nitrogen and oxygen atoms in total. The molecule has 0 radical (unpaired) electrons. The number of anilines is 1. The van der Waals surface area contributed by atoms with Gasteiger partial charge in [0.1, 0.15) is 23.2 Å². The monoisotopic (exact) mass is 442 g/mol. The summed E-state index contributed by atoms with van der Waals surface area (Å²) in [7, 11) is -3.53. The van der Waals surface area contributed by atoms with Crippen molar-refractivity contribution in [3.05, 3.63) is 77.9 Å². The Kier molecular flexibility index (Phi) is 6.15. The minimum Gasteiger partial charge on any atom is -0.439 e. The number of piperazine rings is 1. The van der Waals surface area contributed by atoms with Crippen LogP contribution in [0.2, 0.25) is 0 Å². The van der Waals surface area contributed by atoms with Crippen LogP contribution in [0.5, 0.6) is 11.6 Å². The van der Waals surface area contributed by atoms with Gasteiger partial charge in [0, 0.05) is 32.2 Å². The lowest BCUT2D eigenvalue weighted by Gasteiger charge is -2.34. The number of hydrogen-bond acceptors (Lipinski definition) is 6. The lowest BCUT2D eigenvalue weighted by atomic mass is 10.2. The van der Waals surface area contributed by atoms with Crippen LogP contribution >= 0.6 is 0 Å². The fourth-order valence-corrected chi connectivity index (χ4v) is 4.98. The predicted octanol–water partition coefficient (Wildman–Crippen LogP) is 3.37. The highest BCUT2D eigenvalue weighted by molar-refractivity contribution is 7.88. The lowest BCUT2D eigenvalue weighted by Crippen LogP contribution is -2.49. The lowest BCUT2D eigenvalue weighted by molar-refractivity contribution is 0.382. The summed E-state index contributed by atoms with van der Waals surface area (Å²) in [4.78, 5) is 10.8. The molecule has 1 aliphatic heterocycles. The highest BCUT2D eigenvalue weighted by atomic mass is 32.2. The number of sulfonamides is 1. The summed E-state index contributed by atoms with van der Waals surface area (Å²) in [5, 5.41) is 0. The summed E-state index contributed by atoms with van der Waals surface area (Å²) in [6, 6.07) is 16.8. The fraction of sp³-hybridized carbons (Fsp3) is 0.273. The first-order valence-corrected chi connectivity index (χ1v) is 11.6. The maximum atomic E-state index is 13.4. The molecule has 1 fully saturated rings. The second kappa shape index (κ2) is 8.99. The number of hydrogen-bond donors (Lipinski definition) is 0. The molecule has 1 aliphatic rings. The van der Waals surface area contributed by atoms with Gasteiger partial charge in [-0.05, 0) is 36.8 Å². The van der Waals surface area contributed by atoms with E-state index in [4.69, 9.17) is 4.74 Å². The van der Waals surface area contributed by atoms with Crippen LogP contribution in [0.25, 0.3) is 0 Å². The molecule has 2 aromatic carbocycles. The second-order valence-corrected chi connectivity index (χ2v) is 9.27. The van der Waals surface area contributed by atoms with E-state index in [1.54, 1.807) is 19.1 Å². The first-order chi connectivity index (χ1) is 14.9. The van der Waals surface area contributed by atoms with E-state index in [0.29, 0.717) is 55.0 Å². The van der Waals surface area contributed by atoms with Crippen molar-refractivity contribution in [1.29, 1.82) is 0 Å². The molecule has 1 aromatic heterocycles. The summed E-state index contributed by atoms with van der Waals surface area (Å²) in [6.45, 7) is 3.43. The van der Waals surface area contributed by atoms with Crippen molar-refractivity contribution in [3.63, 3.8) is 0 Å². The van der Waals surface area contributed by atoms with Crippen LogP contribution in [0.4, 0.5) is 10.2 Å². The van der Waals surface area contributed by atoms with Crippen molar-refractivity contribution in [2.75, 3.05) is 31.1 Å². The van der Waals surface area contributed by atoms with Gasteiger partial charge in [-0.3, -0.25) is 0 Å².